The predicted octanol–water partition coefficient (Wildman–Crippen LogP) is 1.73. The minimum absolute atomic E-state index is 0.0514. The first-order valence-corrected chi connectivity index (χ1v) is 10.6. The van der Waals surface area contributed by atoms with Crippen molar-refractivity contribution in [3.8, 4) is 0 Å². The Morgan fingerprint density at radius 2 is 1.95 bits per heavy atom. The molecule has 5 nitrogen and oxygen atoms in total. The van der Waals surface area contributed by atoms with Crippen molar-refractivity contribution in [3.63, 3.8) is 0 Å². The van der Waals surface area contributed by atoms with Gasteiger partial charge in [0.25, 0.3) is 10.2 Å². The van der Waals surface area contributed by atoms with Crippen LogP contribution >= 0.6 is 11.8 Å². The SMILES string of the molecule is CSC1(CNS(=O)(=O)N2CCCCC2CO)CCCCC1. The van der Waals surface area contributed by atoms with Gasteiger partial charge < -0.3 is 5.11 Å². The van der Waals surface area contributed by atoms with Crippen LogP contribution in [-0.4, -0.2) is 54.6 Å². The van der Waals surface area contributed by atoms with E-state index < -0.39 is 10.2 Å². The predicted molar refractivity (Wildman–Crippen MR) is 87.7 cm³/mol. The van der Waals surface area contributed by atoms with Gasteiger partial charge in [0.15, 0.2) is 0 Å². The highest BCUT2D eigenvalue weighted by Gasteiger charge is 2.36. The van der Waals surface area contributed by atoms with Crippen LogP contribution < -0.4 is 4.72 Å². The van der Waals surface area contributed by atoms with Crippen LogP contribution in [0.15, 0.2) is 0 Å². The standard InChI is InChI=1S/C14H28N2O3S2/c1-20-14(8-4-2-5-9-14)12-15-21(18,19)16-10-6-3-7-13(16)11-17/h13,15,17H,2-12H2,1H3. The summed E-state index contributed by atoms with van der Waals surface area (Å²) in [6.45, 7) is 0.937. The maximum atomic E-state index is 12.6. The number of piperidine rings is 1. The van der Waals surface area contributed by atoms with Gasteiger partial charge in [-0.3, -0.25) is 0 Å². The molecule has 0 radical (unpaired) electrons. The molecule has 7 heteroatoms. The quantitative estimate of drug-likeness (QED) is 0.775. The van der Waals surface area contributed by atoms with Crippen LogP contribution in [0.2, 0.25) is 0 Å². The summed E-state index contributed by atoms with van der Waals surface area (Å²) in [5, 5.41) is 9.40. The van der Waals surface area contributed by atoms with Crippen molar-refractivity contribution in [2.75, 3.05) is 26.0 Å². The lowest BCUT2D eigenvalue weighted by atomic mass is 9.88. The summed E-state index contributed by atoms with van der Waals surface area (Å²) in [7, 11) is -3.48. The molecule has 2 fully saturated rings. The molecule has 1 atom stereocenters. The summed E-state index contributed by atoms with van der Waals surface area (Å²) in [4.78, 5) is 0. The smallest absolute Gasteiger partial charge is 0.279 e. The maximum Gasteiger partial charge on any atom is 0.279 e. The fourth-order valence-corrected chi connectivity index (χ4v) is 5.99. The molecule has 0 amide bonds. The molecule has 1 saturated heterocycles. The van der Waals surface area contributed by atoms with Gasteiger partial charge in [-0.15, -0.1) is 0 Å². The van der Waals surface area contributed by atoms with Gasteiger partial charge in [0.1, 0.15) is 0 Å². The number of aliphatic hydroxyl groups excluding tert-OH is 1. The van der Waals surface area contributed by atoms with E-state index in [9.17, 15) is 13.5 Å². The molecule has 0 aromatic heterocycles. The highest BCUT2D eigenvalue weighted by molar-refractivity contribution is 8.00. The molecule has 1 heterocycles. The molecule has 2 aliphatic rings. The van der Waals surface area contributed by atoms with Crippen molar-refractivity contribution in [2.45, 2.75) is 62.2 Å². The number of nitrogens with zero attached hydrogens (tertiary/aromatic N) is 1. The van der Waals surface area contributed by atoms with E-state index in [0.29, 0.717) is 13.1 Å². The van der Waals surface area contributed by atoms with E-state index in [1.54, 1.807) is 11.8 Å². The van der Waals surface area contributed by atoms with Gasteiger partial charge >= 0.3 is 0 Å². The molecule has 21 heavy (non-hydrogen) atoms. The molecule has 2 rings (SSSR count). The Hall–Kier alpha value is 0.180. The van der Waals surface area contributed by atoms with Gasteiger partial charge in [0, 0.05) is 23.9 Å². The first-order chi connectivity index (χ1) is 10.0. The van der Waals surface area contributed by atoms with Crippen LogP contribution in [-0.2, 0) is 10.2 Å². The summed E-state index contributed by atoms with van der Waals surface area (Å²) in [6, 6.07) is -0.257. The van der Waals surface area contributed by atoms with Crippen molar-refractivity contribution in [1.29, 1.82) is 0 Å². The molecule has 0 bridgehead atoms. The van der Waals surface area contributed by atoms with E-state index in [2.05, 4.69) is 11.0 Å². The van der Waals surface area contributed by atoms with Crippen LogP contribution in [0.1, 0.15) is 51.4 Å². The third-order valence-corrected chi connectivity index (χ3v) is 7.89. The van der Waals surface area contributed by atoms with Gasteiger partial charge in [-0.05, 0) is 31.9 Å². The lowest BCUT2D eigenvalue weighted by Crippen LogP contribution is -2.53. The van der Waals surface area contributed by atoms with Crippen LogP contribution in [0.4, 0.5) is 0 Å². The Kier molecular flexibility index (Phi) is 6.38. The summed E-state index contributed by atoms with van der Waals surface area (Å²) < 4.78 is 29.4. The van der Waals surface area contributed by atoms with Crippen LogP contribution in [0, 0.1) is 0 Å². The fourth-order valence-electron chi connectivity index (χ4n) is 3.43. The Bertz CT molecular complexity index is 422. The summed E-state index contributed by atoms with van der Waals surface area (Å²) in [5.74, 6) is 0. The maximum absolute atomic E-state index is 12.6. The molecule has 1 aliphatic heterocycles. The number of thioether (sulfide) groups is 1. The molecule has 1 unspecified atom stereocenters. The third kappa shape index (κ3) is 4.34. The Morgan fingerprint density at radius 1 is 1.24 bits per heavy atom. The monoisotopic (exact) mass is 336 g/mol. The van der Waals surface area contributed by atoms with Crippen LogP contribution in [0.5, 0.6) is 0 Å². The minimum Gasteiger partial charge on any atom is -0.395 e. The molecule has 1 saturated carbocycles. The molecule has 0 spiro atoms. The Labute approximate surface area is 133 Å². The second-order valence-electron chi connectivity index (χ2n) is 6.22. The van der Waals surface area contributed by atoms with E-state index >= 15 is 0 Å². The van der Waals surface area contributed by atoms with Gasteiger partial charge in [-0.1, -0.05) is 25.7 Å². The highest BCUT2D eigenvalue weighted by atomic mass is 32.2. The number of hydrogen-bond donors (Lipinski definition) is 2. The average molecular weight is 337 g/mol. The minimum atomic E-state index is -3.48. The second-order valence-corrected chi connectivity index (χ2v) is 9.20. The van der Waals surface area contributed by atoms with E-state index in [1.807, 2.05) is 0 Å². The van der Waals surface area contributed by atoms with E-state index in [1.165, 1.54) is 23.6 Å². The first-order valence-electron chi connectivity index (χ1n) is 7.95. The van der Waals surface area contributed by atoms with Crippen molar-refractivity contribution < 1.29 is 13.5 Å². The fraction of sp³-hybridized carbons (Fsp3) is 1.00. The third-order valence-electron chi connectivity index (χ3n) is 4.87. The lowest BCUT2D eigenvalue weighted by molar-refractivity contribution is 0.153. The normalized spacial score (nSPS) is 27.6. The Morgan fingerprint density at radius 3 is 2.57 bits per heavy atom. The molecule has 2 N–H and O–H groups in total. The van der Waals surface area contributed by atoms with Crippen molar-refractivity contribution in [1.82, 2.24) is 9.03 Å². The van der Waals surface area contributed by atoms with Crippen LogP contribution in [0.3, 0.4) is 0 Å². The Balaban J connectivity index is 1.99. The van der Waals surface area contributed by atoms with Gasteiger partial charge in [0.2, 0.25) is 0 Å². The largest absolute Gasteiger partial charge is 0.395 e. The zero-order valence-corrected chi connectivity index (χ0v) is 14.5. The second kappa shape index (κ2) is 7.64. The lowest BCUT2D eigenvalue weighted by Gasteiger charge is -2.38. The van der Waals surface area contributed by atoms with Crippen molar-refractivity contribution >= 4 is 22.0 Å². The summed E-state index contributed by atoms with van der Waals surface area (Å²) in [6.07, 6.45) is 10.5. The van der Waals surface area contributed by atoms with Crippen molar-refractivity contribution in [3.05, 3.63) is 0 Å². The molecule has 0 aromatic carbocycles. The molecular formula is C14H28N2O3S2. The molecule has 0 aromatic rings. The highest BCUT2D eigenvalue weighted by Crippen LogP contribution is 2.38. The van der Waals surface area contributed by atoms with Crippen LogP contribution in [0.25, 0.3) is 0 Å². The van der Waals surface area contributed by atoms with Gasteiger partial charge in [-0.2, -0.15) is 24.5 Å². The summed E-state index contributed by atoms with van der Waals surface area (Å²) >= 11 is 1.79. The topological polar surface area (TPSA) is 69.6 Å². The number of rotatable bonds is 6. The molecular weight excluding hydrogens is 308 g/mol. The number of nitrogens with one attached hydrogen (secondary N) is 1. The van der Waals surface area contributed by atoms with Gasteiger partial charge in [-0.25, -0.2) is 4.72 Å². The molecule has 124 valence electrons. The molecule has 1 aliphatic carbocycles. The zero-order chi connectivity index (χ0) is 15.3. The average Bonchev–Trinajstić information content (AvgIpc) is 2.54. The number of aliphatic hydroxyl groups is 1. The first kappa shape index (κ1) is 17.5. The number of hydrogen-bond acceptors (Lipinski definition) is 4. The van der Waals surface area contributed by atoms with Crippen molar-refractivity contribution in [2.24, 2.45) is 0 Å². The van der Waals surface area contributed by atoms with E-state index in [0.717, 1.165) is 32.1 Å². The van der Waals surface area contributed by atoms with E-state index in [4.69, 9.17) is 0 Å². The summed E-state index contributed by atoms with van der Waals surface area (Å²) in [5.41, 5.74) is 0. The van der Waals surface area contributed by atoms with E-state index in [-0.39, 0.29) is 17.4 Å². The zero-order valence-electron chi connectivity index (χ0n) is 12.9. The van der Waals surface area contributed by atoms with Gasteiger partial charge in [0.05, 0.1) is 6.61 Å².